The molecule has 4 rings (SSSR count). The SMILES string of the molecule is CC1=NN(c2ccccc2)C(=O)C1=Cc1ccc(N2CCCC2)c(F)c1. The summed E-state index contributed by atoms with van der Waals surface area (Å²) in [5.74, 6) is -0.445. The Balaban J connectivity index is 1.61. The van der Waals surface area contributed by atoms with E-state index in [1.807, 2.05) is 36.4 Å². The van der Waals surface area contributed by atoms with Gasteiger partial charge in [-0.05, 0) is 55.7 Å². The Morgan fingerprint density at radius 3 is 2.50 bits per heavy atom. The van der Waals surface area contributed by atoms with Crippen molar-refractivity contribution in [3.8, 4) is 0 Å². The minimum Gasteiger partial charge on any atom is -0.369 e. The van der Waals surface area contributed by atoms with Crippen molar-refractivity contribution < 1.29 is 9.18 Å². The van der Waals surface area contributed by atoms with Crippen molar-refractivity contribution in [2.75, 3.05) is 23.0 Å². The van der Waals surface area contributed by atoms with Crippen LogP contribution in [0.1, 0.15) is 25.3 Å². The minimum atomic E-state index is -0.249. The van der Waals surface area contributed by atoms with Gasteiger partial charge in [0.05, 0.1) is 22.7 Å². The van der Waals surface area contributed by atoms with Gasteiger partial charge in [0.2, 0.25) is 0 Å². The Labute approximate surface area is 152 Å². The normalized spacial score (nSPS) is 18.8. The third kappa shape index (κ3) is 3.01. The first-order valence-electron chi connectivity index (χ1n) is 8.85. The van der Waals surface area contributed by atoms with Gasteiger partial charge in [-0.1, -0.05) is 24.3 Å². The van der Waals surface area contributed by atoms with Gasteiger partial charge in [-0.15, -0.1) is 0 Å². The van der Waals surface area contributed by atoms with Crippen LogP contribution >= 0.6 is 0 Å². The average Bonchev–Trinajstić information content (AvgIpc) is 3.27. The molecule has 0 aliphatic carbocycles. The van der Waals surface area contributed by atoms with Gasteiger partial charge in [-0.3, -0.25) is 4.79 Å². The van der Waals surface area contributed by atoms with Crippen molar-refractivity contribution in [3.05, 3.63) is 65.5 Å². The number of anilines is 2. The molecule has 0 aromatic heterocycles. The summed E-state index contributed by atoms with van der Waals surface area (Å²) in [4.78, 5) is 14.8. The number of benzene rings is 2. The molecule has 0 spiro atoms. The van der Waals surface area contributed by atoms with E-state index >= 15 is 0 Å². The predicted molar refractivity (Wildman–Crippen MR) is 103 cm³/mol. The maximum absolute atomic E-state index is 14.5. The minimum absolute atomic E-state index is 0.197. The zero-order valence-electron chi connectivity index (χ0n) is 14.7. The summed E-state index contributed by atoms with van der Waals surface area (Å²) in [5, 5.41) is 5.74. The van der Waals surface area contributed by atoms with Crippen LogP contribution < -0.4 is 9.91 Å². The van der Waals surface area contributed by atoms with E-state index in [-0.39, 0.29) is 11.7 Å². The molecule has 2 heterocycles. The third-order valence-electron chi connectivity index (χ3n) is 4.79. The van der Waals surface area contributed by atoms with Crippen molar-refractivity contribution in [1.29, 1.82) is 0 Å². The van der Waals surface area contributed by atoms with E-state index < -0.39 is 0 Å². The molecule has 1 fully saturated rings. The van der Waals surface area contributed by atoms with Gasteiger partial charge in [0.15, 0.2) is 0 Å². The smallest absolute Gasteiger partial charge is 0.280 e. The van der Waals surface area contributed by atoms with Crippen LogP contribution in [-0.2, 0) is 4.79 Å². The zero-order valence-corrected chi connectivity index (χ0v) is 14.7. The van der Waals surface area contributed by atoms with Crippen LogP contribution in [0.15, 0.2) is 59.2 Å². The monoisotopic (exact) mass is 349 g/mol. The van der Waals surface area contributed by atoms with Crippen molar-refractivity contribution in [3.63, 3.8) is 0 Å². The number of para-hydroxylation sites is 1. The molecular weight excluding hydrogens is 329 g/mol. The molecule has 2 aliphatic heterocycles. The summed E-state index contributed by atoms with van der Waals surface area (Å²) in [7, 11) is 0. The van der Waals surface area contributed by atoms with Gasteiger partial charge >= 0.3 is 0 Å². The molecule has 0 radical (unpaired) electrons. The van der Waals surface area contributed by atoms with Crippen LogP contribution in [0.25, 0.3) is 6.08 Å². The van der Waals surface area contributed by atoms with E-state index in [1.54, 1.807) is 19.1 Å². The fraction of sp³-hybridized carbons (Fsp3) is 0.238. The number of hydrogen-bond donors (Lipinski definition) is 0. The fourth-order valence-electron chi connectivity index (χ4n) is 3.42. The lowest BCUT2D eigenvalue weighted by Gasteiger charge is -2.18. The number of nitrogens with zero attached hydrogens (tertiary/aromatic N) is 3. The molecule has 4 nitrogen and oxygen atoms in total. The fourth-order valence-corrected chi connectivity index (χ4v) is 3.42. The highest BCUT2D eigenvalue weighted by Crippen LogP contribution is 2.27. The highest BCUT2D eigenvalue weighted by Gasteiger charge is 2.28. The van der Waals surface area contributed by atoms with E-state index in [2.05, 4.69) is 10.0 Å². The van der Waals surface area contributed by atoms with Crippen LogP contribution in [0.5, 0.6) is 0 Å². The second-order valence-corrected chi connectivity index (χ2v) is 6.60. The van der Waals surface area contributed by atoms with E-state index in [4.69, 9.17) is 0 Å². The van der Waals surface area contributed by atoms with Crippen molar-refractivity contribution in [1.82, 2.24) is 0 Å². The molecule has 132 valence electrons. The molecule has 1 amide bonds. The van der Waals surface area contributed by atoms with Gasteiger partial charge in [0, 0.05) is 13.1 Å². The first kappa shape index (κ1) is 16.5. The Hall–Kier alpha value is -2.95. The number of halogens is 1. The Morgan fingerprint density at radius 1 is 1.08 bits per heavy atom. The predicted octanol–water partition coefficient (Wildman–Crippen LogP) is 4.23. The molecular formula is C21H20FN3O. The molecule has 0 bridgehead atoms. The second-order valence-electron chi connectivity index (χ2n) is 6.60. The number of amides is 1. The number of rotatable bonds is 3. The van der Waals surface area contributed by atoms with Crippen molar-refractivity contribution in [2.24, 2.45) is 5.10 Å². The molecule has 5 heteroatoms. The lowest BCUT2D eigenvalue weighted by Crippen LogP contribution is -2.21. The van der Waals surface area contributed by atoms with Crippen LogP contribution in [0, 0.1) is 5.82 Å². The maximum atomic E-state index is 14.5. The van der Waals surface area contributed by atoms with Crippen LogP contribution in [0.3, 0.4) is 0 Å². The van der Waals surface area contributed by atoms with E-state index in [0.29, 0.717) is 22.5 Å². The summed E-state index contributed by atoms with van der Waals surface area (Å²) in [6, 6.07) is 14.4. The highest BCUT2D eigenvalue weighted by atomic mass is 19.1. The Morgan fingerprint density at radius 2 is 1.81 bits per heavy atom. The molecule has 2 aromatic rings. The van der Waals surface area contributed by atoms with Gasteiger partial charge < -0.3 is 4.90 Å². The van der Waals surface area contributed by atoms with Crippen LogP contribution in [-0.4, -0.2) is 24.7 Å². The molecule has 0 atom stereocenters. The summed E-state index contributed by atoms with van der Waals surface area (Å²) < 4.78 is 14.5. The summed E-state index contributed by atoms with van der Waals surface area (Å²) in [6.45, 7) is 3.59. The van der Waals surface area contributed by atoms with E-state index in [1.165, 1.54) is 11.1 Å². The highest BCUT2D eigenvalue weighted by molar-refractivity contribution is 6.32. The van der Waals surface area contributed by atoms with E-state index in [0.717, 1.165) is 31.6 Å². The van der Waals surface area contributed by atoms with Crippen molar-refractivity contribution in [2.45, 2.75) is 19.8 Å². The molecule has 26 heavy (non-hydrogen) atoms. The molecule has 1 saturated heterocycles. The number of carbonyl (C=O) groups is 1. The number of carbonyl (C=O) groups excluding carboxylic acids is 1. The van der Waals surface area contributed by atoms with Gasteiger partial charge in [0.1, 0.15) is 5.82 Å². The first-order chi connectivity index (χ1) is 12.6. The second kappa shape index (κ2) is 6.75. The first-order valence-corrected chi connectivity index (χ1v) is 8.85. The average molecular weight is 349 g/mol. The Kier molecular flexibility index (Phi) is 4.29. The summed E-state index contributed by atoms with van der Waals surface area (Å²) in [5.41, 5.74) is 3.14. The topological polar surface area (TPSA) is 35.9 Å². The number of hydrazone groups is 1. The quantitative estimate of drug-likeness (QED) is 0.778. The maximum Gasteiger partial charge on any atom is 0.280 e. The third-order valence-corrected chi connectivity index (χ3v) is 4.79. The molecule has 2 aromatic carbocycles. The van der Waals surface area contributed by atoms with Crippen LogP contribution in [0.2, 0.25) is 0 Å². The Bertz CT molecular complexity index is 899. The molecule has 2 aliphatic rings. The van der Waals surface area contributed by atoms with Gasteiger partial charge in [0.25, 0.3) is 5.91 Å². The molecule has 0 saturated carbocycles. The van der Waals surface area contributed by atoms with Gasteiger partial charge in [-0.25, -0.2) is 4.39 Å². The molecule has 0 unspecified atom stereocenters. The van der Waals surface area contributed by atoms with Crippen LogP contribution in [0.4, 0.5) is 15.8 Å². The number of hydrogen-bond acceptors (Lipinski definition) is 3. The summed E-state index contributed by atoms with van der Waals surface area (Å²) >= 11 is 0. The zero-order chi connectivity index (χ0) is 18.1. The lowest BCUT2D eigenvalue weighted by atomic mass is 10.1. The molecule has 0 N–H and O–H groups in total. The largest absolute Gasteiger partial charge is 0.369 e. The van der Waals surface area contributed by atoms with E-state index in [9.17, 15) is 9.18 Å². The lowest BCUT2D eigenvalue weighted by molar-refractivity contribution is -0.114. The summed E-state index contributed by atoms with van der Waals surface area (Å²) in [6.07, 6.45) is 3.91. The van der Waals surface area contributed by atoms with Crippen molar-refractivity contribution >= 4 is 29.1 Å². The van der Waals surface area contributed by atoms with Gasteiger partial charge in [-0.2, -0.15) is 10.1 Å². The standard InChI is InChI=1S/C21H20FN3O/c1-15-18(21(26)25(23-15)17-7-3-2-4-8-17)13-16-9-10-20(19(22)14-16)24-11-5-6-12-24/h2-4,7-10,13-14H,5-6,11-12H2,1H3.